The minimum Gasteiger partial charge on any atom is -0.497 e. The summed E-state index contributed by atoms with van der Waals surface area (Å²) in [6.07, 6.45) is 6.01. The molecule has 4 aromatic rings. The molecule has 0 radical (unpaired) electrons. The van der Waals surface area contributed by atoms with Crippen LogP contribution in [0.1, 0.15) is 33.6 Å². The minimum atomic E-state index is -0.442. The Morgan fingerprint density at radius 2 is 1.86 bits per heavy atom. The van der Waals surface area contributed by atoms with Gasteiger partial charge in [-0.05, 0) is 76.9 Å². The van der Waals surface area contributed by atoms with E-state index >= 15 is 0 Å². The molecule has 5 rings (SSSR count). The predicted molar refractivity (Wildman–Crippen MR) is 166 cm³/mol. The molecular formula is C30H40N10O3. The molecule has 43 heavy (non-hydrogen) atoms. The Kier molecular flexibility index (Phi) is 8.62. The first-order valence-corrected chi connectivity index (χ1v) is 14.3. The number of rotatable bonds is 8. The number of nitrogens with one attached hydrogen (secondary N) is 2. The molecule has 0 bridgehead atoms. The lowest BCUT2D eigenvalue weighted by Gasteiger charge is -2.29. The van der Waals surface area contributed by atoms with Gasteiger partial charge in [-0.3, -0.25) is 10.2 Å². The van der Waals surface area contributed by atoms with Gasteiger partial charge in [-0.25, -0.2) is 19.4 Å². The van der Waals surface area contributed by atoms with E-state index in [1.54, 1.807) is 31.4 Å². The number of methoxy groups -OCH3 is 2. The number of ether oxygens (including phenoxy) is 2. The SMILES string of the molecule is COc1cc(OC)cc(-c2cc3cnc(N(C)c4cn(CC5CCCN(C)C5)nn4)nc3nc2NC(=O)NC(C)(C)C)c1. The van der Waals surface area contributed by atoms with Crippen molar-refractivity contribution in [3.05, 3.63) is 36.7 Å². The molecular weight excluding hydrogens is 548 g/mol. The van der Waals surface area contributed by atoms with Gasteiger partial charge in [0.1, 0.15) is 17.3 Å². The van der Waals surface area contributed by atoms with E-state index in [-0.39, 0.29) is 6.03 Å². The van der Waals surface area contributed by atoms with Crippen LogP contribution in [0.5, 0.6) is 11.5 Å². The highest BCUT2D eigenvalue weighted by Crippen LogP contribution is 2.35. The lowest BCUT2D eigenvalue weighted by atomic mass is 9.99. The van der Waals surface area contributed by atoms with Crippen molar-refractivity contribution in [3.63, 3.8) is 0 Å². The highest BCUT2D eigenvalue weighted by atomic mass is 16.5. The molecule has 1 fully saturated rings. The zero-order chi connectivity index (χ0) is 30.7. The standard InChI is InChI=1S/C30H40N10O3/c1-30(2,3)35-29(41)34-27-24(20-11-22(42-6)14-23(12-20)43-7)13-21-15-31-28(33-26(21)32-27)39(5)25-18-40(37-36-25)17-19-9-8-10-38(4)16-19/h11-15,18-19H,8-10,16-17H2,1-7H3,(H2,31,32,33,34,35,41). The second kappa shape index (κ2) is 12.4. The van der Waals surface area contributed by atoms with Gasteiger partial charge in [0.25, 0.3) is 0 Å². The molecule has 3 aromatic heterocycles. The number of urea groups is 1. The van der Waals surface area contributed by atoms with E-state index in [2.05, 4.69) is 37.9 Å². The quantitative estimate of drug-likeness (QED) is 0.306. The predicted octanol–water partition coefficient (Wildman–Crippen LogP) is 4.33. The normalized spacial score (nSPS) is 15.7. The van der Waals surface area contributed by atoms with Crippen LogP contribution in [-0.4, -0.2) is 87.8 Å². The fourth-order valence-corrected chi connectivity index (χ4v) is 5.19. The van der Waals surface area contributed by atoms with Crippen LogP contribution in [0, 0.1) is 5.92 Å². The third-order valence-corrected chi connectivity index (χ3v) is 7.28. The van der Waals surface area contributed by atoms with Gasteiger partial charge in [0, 0.05) is 48.9 Å². The highest BCUT2D eigenvalue weighted by Gasteiger charge is 2.21. The number of amides is 2. The summed E-state index contributed by atoms with van der Waals surface area (Å²) < 4.78 is 12.9. The molecule has 2 N–H and O–H groups in total. The smallest absolute Gasteiger partial charge is 0.320 e. The molecule has 1 unspecified atom stereocenters. The zero-order valence-corrected chi connectivity index (χ0v) is 25.9. The van der Waals surface area contributed by atoms with Gasteiger partial charge in [0.15, 0.2) is 11.5 Å². The Morgan fingerprint density at radius 1 is 1.12 bits per heavy atom. The van der Waals surface area contributed by atoms with E-state index in [1.807, 2.05) is 56.9 Å². The summed E-state index contributed by atoms with van der Waals surface area (Å²) >= 11 is 0. The summed E-state index contributed by atoms with van der Waals surface area (Å²) in [7, 11) is 7.18. The van der Waals surface area contributed by atoms with Gasteiger partial charge < -0.3 is 19.7 Å². The van der Waals surface area contributed by atoms with Crippen LogP contribution >= 0.6 is 0 Å². The summed E-state index contributed by atoms with van der Waals surface area (Å²) in [4.78, 5) is 31.2. The van der Waals surface area contributed by atoms with Crippen LogP contribution < -0.4 is 25.0 Å². The number of nitrogens with zero attached hydrogens (tertiary/aromatic N) is 8. The molecule has 0 saturated carbocycles. The van der Waals surface area contributed by atoms with Crippen molar-refractivity contribution in [1.82, 2.24) is 40.2 Å². The number of carbonyl (C=O) groups excluding carboxylic acids is 1. The first kappa shape index (κ1) is 30.0. The topological polar surface area (TPSA) is 135 Å². The molecule has 2 amide bonds. The van der Waals surface area contributed by atoms with Gasteiger partial charge in [0.2, 0.25) is 5.95 Å². The number of fused-ring (bicyclic) bond motifs is 1. The Balaban J connectivity index is 1.48. The first-order valence-electron chi connectivity index (χ1n) is 14.3. The fourth-order valence-electron chi connectivity index (χ4n) is 5.19. The number of benzene rings is 1. The Hall–Kier alpha value is -4.52. The molecule has 1 atom stereocenters. The number of pyridine rings is 1. The maximum Gasteiger partial charge on any atom is 0.320 e. The molecule has 13 nitrogen and oxygen atoms in total. The summed E-state index contributed by atoms with van der Waals surface area (Å²) in [6.45, 7) is 8.74. The van der Waals surface area contributed by atoms with Crippen molar-refractivity contribution in [1.29, 1.82) is 0 Å². The van der Waals surface area contributed by atoms with Crippen molar-refractivity contribution in [2.45, 2.75) is 45.7 Å². The minimum absolute atomic E-state index is 0.334. The van der Waals surface area contributed by atoms with E-state index < -0.39 is 5.54 Å². The molecule has 4 heterocycles. The van der Waals surface area contributed by atoms with Crippen LogP contribution in [-0.2, 0) is 6.54 Å². The van der Waals surface area contributed by atoms with E-state index in [4.69, 9.17) is 19.4 Å². The monoisotopic (exact) mass is 588 g/mol. The highest BCUT2D eigenvalue weighted by molar-refractivity contribution is 5.97. The van der Waals surface area contributed by atoms with Crippen molar-refractivity contribution in [2.75, 3.05) is 51.6 Å². The Morgan fingerprint density at radius 3 is 2.53 bits per heavy atom. The average molecular weight is 589 g/mol. The molecule has 13 heteroatoms. The number of hydrogen-bond acceptors (Lipinski definition) is 10. The number of piperidine rings is 1. The van der Waals surface area contributed by atoms with Gasteiger partial charge in [0.05, 0.1) is 20.4 Å². The lowest BCUT2D eigenvalue weighted by Crippen LogP contribution is -2.43. The molecule has 0 aliphatic carbocycles. The van der Waals surface area contributed by atoms with Crippen molar-refractivity contribution in [3.8, 4) is 22.6 Å². The van der Waals surface area contributed by atoms with Gasteiger partial charge >= 0.3 is 6.03 Å². The van der Waals surface area contributed by atoms with Crippen molar-refractivity contribution in [2.24, 2.45) is 5.92 Å². The maximum atomic E-state index is 12.9. The number of aromatic nitrogens is 6. The molecule has 1 aromatic carbocycles. The van der Waals surface area contributed by atoms with Gasteiger partial charge in [-0.15, -0.1) is 5.10 Å². The van der Waals surface area contributed by atoms with Crippen LogP contribution in [0.25, 0.3) is 22.2 Å². The molecule has 0 spiro atoms. The van der Waals surface area contributed by atoms with Crippen LogP contribution in [0.3, 0.4) is 0 Å². The van der Waals surface area contributed by atoms with E-state index in [9.17, 15) is 4.79 Å². The zero-order valence-electron chi connectivity index (χ0n) is 25.9. The van der Waals surface area contributed by atoms with Crippen molar-refractivity contribution >= 4 is 34.6 Å². The third-order valence-electron chi connectivity index (χ3n) is 7.28. The molecule has 1 aliphatic rings. The lowest BCUT2D eigenvalue weighted by molar-refractivity contribution is 0.190. The summed E-state index contributed by atoms with van der Waals surface area (Å²) in [5.74, 6) is 3.13. The van der Waals surface area contributed by atoms with Gasteiger partial charge in [-0.2, -0.15) is 4.98 Å². The van der Waals surface area contributed by atoms with Gasteiger partial charge in [-0.1, -0.05) is 5.21 Å². The largest absolute Gasteiger partial charge is 0.497 e. The van der Waals surface area contributed by atoms with E-state index in [1.165, 1.54) is 12.8 Å². The van der Waals surface area contributed by atoms with E-state index in [0.717, 1.165) is 25.2 Å². The number of likely N-dealkylation sites (tertiary alicyclic amines) is 1. The van der Waals surface area contributed by atoms with E-state index in [0.29, 0.717) is 51.6 Å². The first-order chi connectivity index (χ1) is 20.5. The molecule has 1 saturated heterocycles. The van der Waals surface area contributed by atoms with Crippen molar-refractivity contribution < 1.29 is 14.3 Å². The number of hydrogen-bond donors (Lipinski definition) is 2. The van der Waals surface area contributed by atoms with Crippen LogP contribution in [0.4, 0.5) is 22.4 Å². The molecule has 1 aliphatic heterocycles. The van der Waals surface area contributed by atoms with Crippen LogP contribution in [0.2, 0.25) is 0 Å². The molecule has 228 valence electrons. The second-order valence-electron chi connectivity index (χ2n) is 12.0. The average Bonchev–Trinajstić information content (AvgIpc) is 3.43. The van der Waals surface area contributed by atoms with Crippen LogP contribution in [0.15, 0.2) is 36.7 Å². The second-order valence-corrected chi connectivity index (χ2v) is 12.0. The number of carbonyl (C=O) groups is 1. The summed E-state index contributed by atoms with van der Waals surface area (Å²) in [6, 6.07) is 7.01. The Labute approximate surface area is 251 Å². The summed E-state index contributed by atoms with van der Waals surface area (Å²) in [5, 5.41) is 15.3. The maximum absolute atomic E-state index is 12.9. The number of anilines is 3. The Bertz CT molecular complexity index is 1580. The fraction of sp³-hybridized carbons (Fsp3) is 0.467. The summed E-state index contributed by atoms with van der Waals surface area (Å²) in [5.41, 5.74) is 1.38. The third kappa shape index (κ3) is 7.28.